The zero-order valence-corrected chi connectivity index (χ0v) is 9.60. The highest BCUT2D eigenvalue weighted by molar-refractivity contribution is 5.75. The number of hydrogen-bond donors (Lipinski definition) is 2. The van der Waals surface area contributed by atoms with Gasteiger partial charge in [-0.1, -0.05) is 30.3 Å². The maximum Gasteiger partial charge on any atom is 0.186 e. The molecule has 4 nitrogen and oxygen atoms in total. The van der Waals surface area contributed by atoms with Crippen LogP contribution < -0.4 is 11.5 Å². The van der Waals surface area contributed by atoms with Crippen molar-refractivity contribution in [3.63, 3.8) is 0 Å². The van der Waals surface area contributed by atoms with Crippen molar-refractivity contribution in [3.8, 4) is 0 Å². The molecule has 0 heterocycles. The van der Waals surface area contributed by atoms with Gasteiger partial charge in [-0.3, -0.25) is 0 Å². The molecule has 0 radical (unpaired) electrons. The van der Waals surface area contributed by atoms with Crippen LogP contribution in [0.5, 0.6) is 0 Å². The topological polar surface area (TPSA) is 73.6 Å². The van der Waals surface area contributed by atoms with Gasteiger partial charge in [-0.15, -0.1) is 0 Å². The highest BCUT2D eigenvalue weighted by atomic mass is 16.5. The molecule has 1 atom stereocenters. The summed E-state index contributed by atoms with van der Waals surface area (Å²) in [6.45, 7) is 3.15. The van der Waals surface area contributed by atoms with Crippen molar-refractivity contribution in [2.75, 3.05) is 13.2 Å². The monoisotopic (exact) mass is 221 g/mol. The summed E-state index contributed by atoms with van der Waals surface area (Å²) < 4.78 is 5.48. The lowest BCUT2D eigenvalue weighted by molar-refractivity contribution is 0.128. The normalized spacial score (nSPS) is 12.1. The lowest BCUT2D eigenvalue weighted by Crippen LogP contribution is -2.26. The highest BCUT2D eigenvalue weighted by Crippen LogP contribution is 2.00. The standard InChI is InChI=1S/C12H19N3O/c1-10(15-12(13)14)9-16-8-7-11-5-3-2-4-6-11/h2-6,10H,7-9H2,1H3,(H4,13,14,15). The van der Waals surface area contributed by atoms with Crippen LogP contribution >= 0.6 is 0 Å². The fraction of sp³-hybridized carbons (Fsp3) is 0.417. The van der Waals surface area contributed by atoms with E-state index >= 15 is 0 Å². The second kappa shape index (κ2) is 6.85. The van der Waals surface area contributed by atoms with Crippen molar-refractivity contribution in [1.82, 2.24) is 0 Å². The number of ether oxygens (including phenoxy) is 1. The van der Waals surface area contributed by atoms with Gasteiger partial charge in [0.1, 0.15) is 0 Å². The molecule has 0 aliphatic rings. The quantitative estimate of drug-likeness (QED) is 0.426. The molecule has 0 aliphatic carbocycles. The smallest absolute Gasteiger partial charge is 0.186 e. The Balaban J connectivity index is 2.15. The van der Waals surface area contributed by atoms with Crippen molar-refractivity contribution in [3.05, 3.63) is 35.9 Å². The molecule has 1 aromatic carbocycles. The second-order valence-electron chi connectivity index (χ2n) is 3.71. The summed E-state index contributed by atoms with van der Waals surface area (Å²) in [5, 5.41) is 0. The molecule has 4 heteroatoms. The number of nitrogens with two attached hydrogens (primary N) is 2. The molecule has 0 fully saturated rings. The SMILES string of the molecule is CC(COCCc1ccccc1)N=C(N)N. The number of guanidine groups is 1. The summed E-state index contributed by atoms with van der Waals surface area (Å²) in [7, 11) is 0. The van der Waals surface area contributed by atoms with E-state index in [-0.39, 0.29) is 12.0 Å². The van der Waals surface area contributed by atoms with Gasteiger partial charge in [0.15, 0.2) is 5.96 Å². The molecule has 0 amide bonds. The second-order valence-corrected chi connectivity index (χ2v) is 3.71. The van der Waals surface area contributed by atoms with Crippen LogP contribution in [0.4, 0.5) is 0 Å². The van der Waals surface area contributed by atoms with Gasteiger partial charge in [0.2, 0.25) is 0 Å². The molecule has 88 valence electrons. The number of hydrogen-bond acceptors (Lipinski definition) is 2. The number of nitrogens with zero attached hydrogens (tertiary/aromatic N) is 1. The Hall–Kier alpha value is -1.55. The third kappa shape index (κ3) is 5.36. The molecular weight excluding hydrogens is 202 g/mol. The Morgan fingerprint density at radius 2 is 2.00 bits per heavy atom. The lowest BCUT2D eigenvalue weighted by atomic mass is 10.2. The van der Waals surface area contributed by atoms with Crippen LogP contribution in [0.1, 0.15) is 12.5 Å². The third-order valence-electron chi connectivity index (χ3n) is 2.11. The molecule has 1 unspecified atom stereocenters. The molecule has 0 aromatic heterocycles. The zero-order chi connectivity index (χ0) is 11.8. The van der Waals surface area contributed by atoms with Crippen molar-refractivity contribution in [2.24, 2.45) is 16.5 Å². The number of aliphatic imine (C=N–C) groups is 1. The van der Waals surface area contributed by atoms with Gasteiger partial charge in [0, 0.05) is 0 Å². The molecule has 1 aromatic rings. The van der Waals surface area contributed by atoms with Crippen molar-refractivity contribution in [1.29, 1.82) is 0 Å². The van der Waals surface area contributed by atoms with Gasteiger partial charge in [-0.25, -0.2) is 4.99 Å². The summed E-state index contributed by atoms with van der Waals surface area (Å²) in [6, 6.07) is 10.2. The number of rotatable bonds is 6. The van der Waals surface area contributed by atoms with Crippen LogP contribution in [0.2, 0.25) is 0 Å². The molecule has 0 saturated heterocycles. The summed E-state index contributed by atoms with van der Waals surface area (Å²) in [5.41, 5.74) is 11.8. The largest absolute Gasteiger partial charge is 0.379 e. The molecule has 0 bridgehead atoms. The fourth-order valence-corrected chi connectivity index (χ4v) is 1.38. The van der Waals surface area contributed by atoms with Gasteiger partial charge >= 0.3 is 0 Å². The minimum Gasteiger partial charge on any atom is -0.379 e. The Labute approximate surface area is 96.3 Å². The van der Waals surface area contributed by atoms with E-state index in [0.717, 1.165) is 6.42 Å². The van der Waals surface area contributed by atoms with Crippen LogP contribution in [-0.2, 0) is 11.2 Å². The predicted molar refractivity (Wildman–Crippen MR) is 66.2 cm³/mol. The van der Waals surface area contributed by atoms with Gasteiger partial charge < -0.3 is 16.2 Å². The highest BCUT2D eigenvalue weighted by Gasteiger charge is 1.99. The van der Waals surface area contributed by atoms with Crippen LogP contribution in [0, 0.1) is 0 Å². The molecule has 4 N–H and O–H groups in total. The average Bonchev–Trinajstić information content (AvgIpc) is 2.25. The molecule has 16 heavy (non-hydrogen) atoms. The van der Waals surface area contributed by atoms with Crippen LogP contribution in [-0.4, -0.2) is 25.2 Å². The summed E-state index contributed by atoms with van der Waals surface area (Å²) in [5.74, 6) is 0.110. The van der Waals surface area contributed by atoms with Crippen molar-refractivity contribution >= 4 is 5.96 Å². The lowest BCUT2D eigenvalue weighted by Gasteiger charge is -2.08. The van der Waals surface area contributed by atoms with E-state index in [0.29, 0.717) is 13.2 Å². The van der Waals surface area contributed by atoms with E-state index in [4.69, 9.17) is 16.2 Å². The van der Waals surface area contributed by atoms with Crippen LogP contribution in [0.25, 0.3) is 0 Å². The molecule has 1 rings (SSSR count). The molecular formula is C12H19N3O. The average molecular weight is 221 g/mol. The van der Waals surface area contributed by atoms with E-state index in [9.17, 15) is 0 Å². The summed E-state index contributed by atoms with van der Waals surface area (Å²) in [6.07, 6.45) is 0.912. The first-order valence-electron chi connectivity index (χ1n) is 5.39. The Kier molecular flexibility index (Phi) is 5.36. The minimum absolute atomic E-state index is 0.0146. The van der Waals surface area contributed by atoms with Crippen molar-refractivity contribution in [2.45, 2.75) is 19.4 Å². The Morgan fingerprint density at radius 3 is 2.62 bits per heavy atom. The first-order chi connectivity index (χ1) is 7.68. The fourth-order valence-electron chi connectivity index (χ4n) is 1.38. The Morgan fingerprint density at radius 1 is 1.31 bits per heavy atom. The van der Waals surface area contributed by atoms with E-state index in [1.54, 1.807) is 0 Å². The van der Waals surface area contributed by atoms with Gasteiger partial charge in [-0.05, 0) is 18.9 Å². The first kappa shape index (κ1) is 12.5. The number of benzene rings is 1. The molecule has 0 saturated carbocycles. The Bertz CT molecular complexity index is 320. The van der Waals surface area contributed by atoms with E-state index in [1.165, 1.54) is 5.56 Å². The first-order valence-corrected chi connectivity index (χ1v) is 5.39. The zero-order valence-electron chi connectivity index (χ0n) is 9.60. The molecule has 0 spiro atoms. The predicted octanol–water partition coefficient (Wildman–Crippen LogP) is 0.908. The third-order valence-corrected chi connectivity index (χ3v) is 2.11. The van der Waals surface area contributed by atoms with Gasteiger partial charge in [0.05, 0.1) is 19.3 Å². The van der Waals surface area contributed by atoms with Crippen LogP contribution in [0.15, 0.2) is 35.3 Å². The van der Waals surface area contributed by atoms with E-state index < -0.39 is 0 Å². The van der Waals surface area contributed by atoms with Crippen LogP contribution in [0.3, 0.4) is 0 Å². The minimum atomic E-state index is 0.0146. The maximum atomic E-state index is 5.48. The summed E-state index contributed by atoms with van der Waals surface area (Å²) in [4.78, 5) is 3.97. The van der Waals surface area contributed by atoms with Gasteiger partial charge in [-0.2, -0.15) is 0 Å². The summed E-state index contributed by atoms with van der Waals surface area (Å²) >= 11 is 0. The molecule has 0 aliphatic heterocycles. The van der Waals surface area contributed by atoms with E-state index in [2.05, 4.69) is 17.1 Å². The van der Waals surface area contributed by atoms with E-state index in [1.807, 2.05) is 25.1 Å². The van der Waals surface area contributed by atoms with Crippen molar-refractivity contribution < 1.29 is 4.74 Å². The van der Waals surface area contributed by atoms with Gasteiger partial charge in [0.25, 0.3) is 0 Å². The maximum absolute atomic E-state index is 5.48.